The molecule has 4 heterocycles. The van der Waals surface area contributed by atoms with Crippen LogP contribution in [0.1, 0.15) is 11.7 Å². The summed E-state index contributed by atoms with van der Waals surface area (Å²) in [6.45, 7) is 0. The maximum absolute atomic E-state index is 6.49. The van der Waals surface area contributed by atoms with E-state index in [-0.39, 0.29) is 0 Å². The molecule has 1 atom stereocenters. The monoisotopic (exact) mass is 418 g/mol. The molecule has 0 spiro atoms. The molecule has 0 bridgehead atoms. The number of rotatable bonds is 6. The summed E-state index contributed by atoms with van der Waals surface area (Å²) in [5, 5.41) is 6.22. The Kier molecular flexibility index (Phi) is 4.80. The Morgan fingerprint density at radius 1 is 1.07 bits per heavy atom. The molecule has 150 valence electrons. The lowest BCUT2D eigenvalue weighted by atomic mass is 10.1. The first-order valence-corrected chi connectivity index (χ1v) is 10.1. The summed E-state index contributed by atoms with van der Waals surface area (Å²) < 4.78 is 11.9. The van der Waals surface area contributed by atoms with Gasteiger partial charge in [-0.2, -0.15) is 0 Å². The first-order valence-electron chi connectivity index (χ1n) is 9.23. The van der Waals surface area contributed by atoms with Crippen LogP contribution < -0.4 is 27.0 Å². The topological polar surface area (TPSA) is 110 Å². The molecule has 0 saturated carbocycles. The molecule has 5 N–H and O–H groups in total. The summed E-state index contributed by atoms with van der Waals surface area (Å²) in [5.41, 5.74) is 17.6. The number of benzene rings is 1. The van der Waals surface area contributed by atoms with Gasteiger partial charge >= 0.3 is 0 Å². The van der Waals surface area contributed by atoms with Gasteiger partial charge in [0.25, 0.3) is 0 Å². The van der Waals surface area contributed by atoms with Gasteiger partial charge in [-0.15, -0.1) is 22.0 Å². The smallest absolute Gasteiger partial charge is 0.239 e. The molecule has 9 heteroatoms. The number of nitrogens with two attached hydrogens (primary N) is 1. The van der Waals surface area contributed by atoms with E-state index >= 15 is 0 Å². The van der Waals surface area contributed by atoms with Gasteiger partial charge in [-0.3, -0.25) is 5.43 Å². The Labute approximate surface area is 176 Å². The van der Waals surface area contributed by atoms with Crippen molar-refractivity contribution in [2.45, 2.75) is 6.10 Å². The fourth-order valence-corrected chi connectivity index (χ4v) is 3.85. The molecule has 3 aromatic heterocycles. The summed E-state index contributed by atoms with van der Waals surface area (Å²) in [4.78, 5) is 5.72. The van der Waals surface area contributed by atoms with Crippen molar-refractivity contribution >= 4 is 22.9 Å². The summed E-state index contributed by atoms with van der Waals surface area (Å²) >= 11 is 1.59. The summed E-state index contributed by atoms with van der Waals surface area (Å²) in [5.74, 6) is 1.51. The average molecular weight is 418 g/mol. The molecule has 4 aromatic rings. The van der Waals surface area contributed by atoms with Gasteiger partial charge in [-0.25, -0.2) is 10.5 Å². The Morgan fingerprint density at radius 3 is 2.67 bits per heavy atom. The Hall–Kier alpha value is -3.82. The molecular weight excluding hydrogens is 400 g/mol. The van der Waals surface area contributed by atoms with E-state index in [1.165, 1.54) is 0 Å². The van der Waals surface area contributed by atoms with Crippen LogP contribution in [0.2, 0.25) is 0 Å². The first kappa shape index (κ1) is 18.2. The highest BCUT2D eigenvalue weighted by Gasteiger charge is 2.26. The molecule has 1 aliphatic rings. The second kappa shape index (κ2) is 7.90. The van der Waals surface area contributed by atoms with Crippen molar-refractivity contribution in [1.82, 2.24) is 21.5 Å². The standard InChI is InChI=1S/C21H18N6O2S/c22-18-14(16-8-4-10-28-16)12-15(17-9-5-11-30-17)23-21(18)29-19(20-24-26-27-25-20)13-6-2-1-3-7-13/h1-12,19,26-27H,22H2,(H,24,25). The largest absolute Gasteiger partial charge is 0.464 e. The molecular formula is C21H18N6O2S. The van der Waals surface area contributed by atoms with Crippen molar-refractivity contribution in [2.24, 2.45) is 5.10 Å². The van der Waals surface area contributed by atoms with Crippen LogP contribution in [0.15, 0.2) is 81.8 Å². The third kappa shape index (κ3) is 3.47. The number of nitrogens with zero attached hydrogens (tertiary/aromatic N) is 2. The van der Waals surface area contributed by atoms with Gasteiger partial charge in [0.15, 0.2) is 11.9 Å². The van der Waals surface area contributed by atoms with Crippen LogP contribution in [0.25, 0.3) is 21.9 Å². The lowest BCUT2D eigenvalue weighted by Crippen LogP contribution is -2.38. The van der Waals surface area contributed by atoms with Crippen LogP contribution in [-0.4, -0.2) is 10.8 Å². The van der Waals surface area contributed by atoms with E-state index in [9.17, 15) is 0 Å². The van der Waals surface area contributed by atoms with Crippen molar-refractivity contribution in [1.29, 1.82) is 0 Å². The van der Waals surface area contributed by atoms with Crippen LogP contribution in [0, 0.1) is 0 Å². The molecule has 8 nitrogen and oxygen atoms in total. The van der Waals surface area contributed by atoms with Gasteiger partial charge < -0.3 is 14.9 Å². The highest BCUT2D eigenvalue weighted by molar-refractivity contribution is 7.13. The maximum Gasteiger partial charge on any atom is 0.239 e. The fourth-order valence-electron chi connectivity index (χ4n) is 3.16. The zero-order valence-electron chi connectivity index (χ0n) is 15.7. The van der Waals surface area contributed by atoms with Crippen molar-refractivity contribution in [3.8, 4) is 27.8 Å². The van der Waals surface area contributed by atoms with Gasteiger partial charge in [0.1, 0.15) is 11.4 Å². The van der Waals surface area contributed by atoms with Crippen molar-refractivity contribution in [3.05, 3.63) is 77.9 Å². The number of hydrazine groups is 2. The summed E-state index contributed by atoms with van der Waals surface area (Å²) in [7, 11) is 0. The second-order valence-electron chi connectivity index (χ2n) is 6.50. The molecule has 0 saturated heterocycles. The number of nitrogen functional groups attached to an aromatic ring is 1. The number of hydrazone groups is 1. The summed E-state index contributed by atoms with van der Waals surface area (Å²) in [6, 6.07) is 19.3. The Morgan fingerprint density at radius 2 is 1.97 bits per heavy atom. The number of hydrogen-bond acceptors (Lipinski definition) is 9. The molecule has 5 rings (SSSR count). The van der Waals surface area contributed by atoms with Gasteiger partial charge in [-0.1, -0.05) is 36.4 Å². The highest BCUT2D eigenvalue weighted by atomic mass is 32.1. The number of hydrogen-bond donors (Lipinski definition) is 4. The predicted molar refractivity (Wildman–Crippen MR) is 116 cm³/mol. The van der Waals surface area contributed by atoms with Crippen LogP contribution >= 0.6 is 11.3 Å². The number of amidine groups is 1. The number of pyridine rings is 1. The lowest BCUT2D eigenvalue weighted by molar-refractivity contribution is 0.260. The van der Waals surface area contributed by atoms with E-state index in [1.54, 1.807) is 17.6 Å². The second-order valence-corrected chi connectivity index (χ2v) is 7.44. The molecule has 0 aliphatic carbocycles. The van der Waals surface area contributed by atoms with Crippen molar-refractivity contribution < 1.29 is 9.15 Å². The van der Waals surface area contributed by atoms with Crippen LogP contribution in [0.5, 0.6) is 5.88 Å². The van der Waals surface area contributed by atoms with E-state index < -0.39 is 6.10 Å². The number of ether oxygens (including phenoxy) is 1. The van der Waals surface area contributed by atoms with Crippen LogP contribution in [-0.2, 0) is 0 Å². The van der Waals surface area contributed by atoms with Gasteiger partial charge in [-0.05, 0) is 29.6 Å². The minimum atomic E-state index is -0.550. The van der Waals surface area contributed by atoms with E-state index in [4.69, 9.17) is 19.9 Å². The molecule has 30 heavy (non-hydrogen) atoms. The number of nitrogens with one attached hydrogen (secondary N) is 3. The third-order valence-electron chi connectivity index (χ3n) is 4.59. The van der Waals surface area contributed by atoms with Gasteiger partial charge in [0, 0.05) is 11.1 Å². The Bertz CT molecular complexity index is 1160. The van der Waals surface area contributed by atoms with E-state index in [2.05, 4.69) is 21.6 Å². The van der Waals surface area contributed by atoms with E-state index in [0.29, 0.717) is 23.2 Å². The van der Waals surface area contributed by atoms with Crippen LogP contribution in [0.3, 0.4) is 0 Å². The normalized spacial score (nSPS) is 13.9. The molecule has 1 aliphatic heterocycles. The number of anilines is 1. The van der Waals surface area contributed by atoms with E-state index in [0.717, 1.165) is 21.7 Å². The van der Waals surface area contributed by atoms with Crippen molar-refractivity contribution in [2.75, 3.05) is 5.73 Å². The third-order valence-corrected chi connectivity index (χ3v) is 5.48. The van der Waals surface area contributed by atoms with Gasteiger partial charge in [0.2, 0.25) is 5.88 Å². The van der Waals surface area contributed by atoms with E-state index in [1.807, 2.05) is 66.0 Å². The number of furan rings is 1. The fraction of sp³-hybridized carbons (Fsp3) is 0.0476. The Balaban J connectivity index is 1.62. The molecule has 1 aromatic carbocycles. The van der Waals surface area contributed by atoms with Crippen molar-refractivity contribution in [3.63, 3.8) is 0 Å². The molecule has 1 unspecified atom stereocenters. The zero-order chi connectivity index (χ0) is 20.3. The van der Waals surface area contributed by atoms with Crippen LogP contribution in [0.4, 0.5) is 5.69 Å². The molecule has 0 fully saturated rings. The maximum atomic E-state index is 6.49. The summed E-state index contributed by atoms with van der Waals surface area (Å²) in [6.07, 6.45) is 1.06. The highest BCUT2D eigenvalue weighted by Crippen LogP contribution is 2.38. The number of aromatic nitrogens is 1. The molecule has 0 radical (unpaired) electrons. The first-order chi connectivity index (χ1) is 14.8. The lowest BCUT2D eigenvalue weighted by Gasteiger charge is -2.20. The number of thiophene rings is 1. The minimum absolute atomic E-state index is 0.303. The minimum Gasteiger partial charge on any atom is -0.464 e. The average Bonchev–Trinajstić information content (AvgIpc) is 3.57. The molecule has 0 amide bonds. The zero-order valence-corrected chi connectivity index (χ0v) is 16.5. The quantitative estimate of drug-likeness (QED) is 0.378. The SMILES string of the molecule is Nc1c(-c2ccco2)cc(-c2cccs2)nc1OC(C1=NNNN1)c1ccccc1. The van der Waals surface area contributed by atoms with Gasteiger partial charge in [0.05, 0.1) is 16.8 Å². The predicted octanol–water partition coefficient (Wildman–Crippen LogP) is 3.70.